The number of hydrogen-bond acceptors (Lipinski definition) is 4. The quantitative estimate of drug-likeness (QED) is 0.544. The van der Waals surface area contributed by atoms with Gasteiger partial charge in [-0.1, -0.05) is 48.0 Å². The summed E-state index contributed by atoms with van der Waals surface area (Å²) in [7, 11) is -3.47. The van der Waals surface area contributed by atoms with Crippen LogP contribution in [0.2, 0.25) is 5.02 Å². The first-order valence-corrected chi connectivity index (χ1v) is 11.6. The summed E-state index contributed by atoms with van der Waals surface area (Å²) in [5.74, 6) is -0.135. The number of sulfonamides is 1. The molecule has 0 unspecified atom stereocenters. The standard InChI is InChI=1S/C21H27ClN2O4S/c1-17-10-11-19(15-20(17)22)24(29(2,26)27)13-6-9-21(25)23-12-14-28-16-18-7-4-3-5-8-18/h3-5,7-8,10-11,15H,6,9,12-14,16H2,1-2H3,(H,23,25). The number of aryl methyl sites for hydroxylation is 1. The van der Waals surface area contributed by atoms with E-state index >= 15 is 0 Å². The molecule has 2 rings (SSSR count). The molecule has 0 aromatic heterocycles. The monoisotopic (exact) mass is 438 g/mol. The number of carbonyl (C=O) groups excluding carboxylic acids is 1. The van der Waals surface area contributed by atoms with Crippen LogP contribution in [0.25, 0.3) is 0 Å². The average molecular weight is 439 g/mol. The van der Waals surface area contributed by atoms with Gasteiger partial charge < -0.3 is 10.1 Å². The van der Waals surface area contributed by atoms with Crippen molar-refractivity contribution in [3.8, 4) is 0 Å². The minimum atomic E-state index is -3.47. The minimum Gasteiger partial charge on any atom is -0.375 e. The van der Waals surface area contributed by atoms with E-state index < -0.39 is 10.0 Å². The fraction of sp³-hybridized carbons (Fsp3) is 0.381. The predicted molar refractivity (Wildman–Crippen MR) is 117 cm³/mol. The number of halogens is 1. The van der Waals surface area contributed by atoms with Gasteiger partial charge in [-0.05, 0) is 36.6 Å². The van der Waals surface area contributed by atoms with Crippen LogP contribution in [0.5, 0.6) is 0 Å². The van der Waals surface area contributed by atoms with Crippen LogP contribution in [0.4, 0.5) is 5.69 Å². The zero-order valence-corrected chi connectivity index (χ0v) is 18.3. The van der Waals surface area contributed by atoms with Crippen molar-refractivity contribution in [2.24, 2.45) is 0 Å². The molecule has 0 aliphatic heterocycles. The number of rotatable bonds is 11. The topological polar surface area (TPSA) is 75.7 Å². The van der Waals surface area contributed by atoms with Crippen LogP contribution in [0.3, 0.4) is 0 Å². The van der Waals surface area contributed by atoms with Crippen LogP contribution in [-0.4, -0.2) is 40.3 Å². The molecule has 1 amide bonds. The molecule has 0 aliphatic rings. The normalized spacial score (nSPS) is 11.3. The van der Waals surface area contributed by atoms with Crippen LogP contribution >= 0.6 is 11.6 Å². The lowest BCUT2D eigenvalue weighted by atomic mass is 10.2. The van der Waals surface area contributed by atoms with Gasteiger partial charge in [-0.15, -0.1) is 0 Å². The van der Waals surface area contributed by atoms with E-state index in [1.165, 1.54) is 4.31 Å². The van der Waals surface area contributed by atoms with Crippen molar-refractivity contribution in [3.05, 3.63) is 64.7 Å². The highest BCUT2D eigenvalue weighted by molar-refractivity contribution is 7.92. The van der Waals surface area contributed by atoms with Gasteiger partial charge in [0.05, 0.1) is 25.2 Å². The maximum Gasteiger partial charge on any atom is 0.232 e. The second-order valence-corrected chi connectivity index (χ2v) is 9.07. The van der Waals surface area contributed by atoms with E-state index in [1.54, 1.807) is 18.2 Å². The van der Waals surface area contributed by atoms with Gasteiger partial charge in [-0.25, -0.2) is 8.42 Å². The molecule has 2 aromatic rings. The number of hydrogen-bond donors (Lipinski definition) is 1. The molecule has 1 N–H and O–H groups in total. The number of ether oxygens (including phenoxy) is 1. The van der Waals surface area contributed by atoms with Gasteiger partial charge in [0, 0.05) is 24.5 Å². The Bertz CT molecular complexity index is 904. The third-order valence-electron chi connectivity index (χ3n) is 4.29. The summed E-state index contributed by atoms with van der Waals surface area (Å²) >= 11 is 6.12. The zero-order valence-electron chi connectivity index (χ0n) is 16.7. The van der Waals surface area contributed by atoms with Gasteiger partial charge >= 0.3 is 0 Å². The summed E-state index contributed by atoms with van der Waals surface area (Å²) in [6.45, 7) is 3.38. The molecule has 0 bridgehead atoms. The first-order chi connectivity index (χ1) is 13.8. The smallest absolute Gasteiger partial charge is 0.232 e. The van der Waals surface area contributed by atoms with E-state index in [0.717, 1.165) is 17.4 Å². The number of anilines is 1. The fourth-order valence-electron chi connectivity index (χ4n) is 2.72. The first kappa shape index (κ1) is 23.2. The Morgan fingerprint density at radius 3 is 2.55 bits per heavy atom. The molecule has 0 saturated carbocycles. The van der Waals surface area contributed by atoms with E-state index in [2.05, 4.69) is 5.32 Å². The van der Waals surface area contributed by atoms with Gasteiger partial charge in [-0.2, -0.15) is 0 Å². The summed E-state index contributed by atoms with van der Waals surface area (Å²) in [5, 5.41) is 3.29. The Labute approximate surface area is 177 Å². The van der Waals surface area contributed by atoms with Gasteiger partial charge in [-0.3, -0.25) is 9.10 Å². The highest BCUT2D eigenvalue weighted by Gasteiger charge is 2.18. The molecule has 0 atom stereocenters. The van der Waals surface area contributed by atoms with E-state index in [9.17, 15) is 13.2 Å². The van der Waals surface area contributed by atoms with Crippen LogP contribution in [0, 0.1) is 6.92 Å². The number of carbonyl (C=O) groups is 1. The van der Waals surface area contributed by atoms with Gasteiger partial charge in [0.2, 0.25) is 15.9 Å². The van der Waals surface area contributed by atoms with Crippen molar-refractivity contribution >= 4 is 33.2 Å². The van der Waals surface area contributed by atoms with E-state index in [4.69, 9.17) is 16.3 Å². The van der Waals surface area contributed by atoms with Gasteiger partial charge in [0.25, 0.3) is 0 Å². The van der Waals surface area contributed by atoms with Crippen molar-refractivity contribution < 1.29 is 17.9 Å². The summed E-state index contributed by atoms with van der Waals surface area (Å²) < 4.78 is 31.1. The third-order valence-corrected chi connectivity index (χ3v) is 5.89. The number of amides is 1. The SMILES string of the molecule is Cc1ccc(N(CCCC(=O)NCCOCc2ccccc2)S(C)(=O)=O)cc1Cl. The van der Waals surface area contributed by atoms with Crippen molar-refractivity contribution in [2.45, 2.75) is 26.4 Å². The van der Waals surface area contributed by atoms with Crippen molar-refractivity contribution in [1.29, 1.82) is 0 Å². The summed E-state index contributed by atoms with van der Waals surface area (Å²) in [6.07, 6.45) is 1.77. The molecule has 0 aliphatic carbocycles. The predicted octanol–water partition coefficient (Wildman–Crippen LogP) is 3.53. The van der Waals surface area contributed by atoms with Gasteiger partial charge in [0.15, 0.2) is 0 Å². The van der Waals surface area contributed by atoms with E-state index in [-0.39, 0.29) is 18.9 Å². The summed E-state index contributed by atoms with van der Waals surface area (Å²) in [6, 6.07) is 14.9. The molecular weight excluding hydrogens is 412 g/mol. The van der Waals surface area contributed by atoms with E-state index in [1.807, 2.05) is 37.3 Å². The molecule has 2 aromatic carbocycles. The van der Waals surface area contributed by atoms with Crippen LogP contribution < -0.4 is 9.62 Å². The lowest BCUT2D eigenvalue weighted by Crippen LogP contribution is -2.32. The Morgan fingerprint density at radius 2 is 1.90 bits per heavy atom. The minimum absolute atomic E-state index is 0.135. The molecule has 0 heterocycles. The maximum absolute atomic E-state index is 12.1. The van der Waals surface area contributed by atoms with Crippen molar-refractivity contribution in [3.63, 3.8) is 0 Å². The largest absolute Gasteiger partial charge is 0.375 e. The second-order valence-electron chi connectivity index (χ2n) is 6.76. The molecule has 29 heavy (non-hydrogen) atoms. The molecule has 158 valence electrons. The Morgan fingerprint density at radius 1 is 1.17 bits per heavy atom. The molecule has 0 fully saturated rings. The Kier molecular flexibility index (Phi) is 8.95. The lowest BCUT2D eigenvalue weighted by molar-refractivity contribution is -0.121. The average Bonchev–Trinajstić information content (AvgIpc) is 2.67. The number of nitrogens with zero attached hydrogens (tertiary/aromatic N) is 1. The van der Waals surface area contributed by atoms with E-state index in [0.29, 0.717) is 36.9 Å². The molecule has 0 radical (unpaired) electrons. The summed E-state index contributed by atoms with van der Waals surface area (Å²) in [4.78, 5) is 12.0. The molecule has 0 saturated heterocycles. The molecule has 0 spiro atoms. The highest BCUT2D eigenvalue weighted by Crippen LogP contribution is 2.25. The van der Waals surface area contributed by atoms with Crippen molar-refractivity contribution in [2.75, 3.05) is 30.3 Å². The van der Waals surface area contributed by atoms with Gasteiger partial charge in [0.1, 0.15) is 0 Å². The Hall–Kier alpha value is -2.09. The fourth-order valence-corrected chi connectivity index (χ4v) is 3.85. The zero-order chi connectivity index (χ0) is 21.3. The van der Waals surface area contributed by atoms with Crippen LogP contribution in [-0.2, 0) is 26.2 Å². The molecular formula is C21H27ClN2O4S. The maximum atomic E-state index is 12.1. The number of nitrogens with one attached hydrogen (secondary N) is 1. The number of benzene rings is 2. The first-order valence-electron chi connectivity index (χ1n) is 9.39. The van der Waals surface area contributed by atoms with Crippen LogP contribution in [0.15, 0.2) is 48.5 Å². The van der Waals surface area contributed by atoms with Crippen LogP contribution in [0.1, 0.15) is 24.0 Å². The van der Waals surface area contributed by atoms with Crippen molar-refractivity contribution in [1.82, 2.24) is 5.32 Å². The highest BCUT2D eigenvalue weighted by atomic mass is 35.5. The molecule has 8 heteroatoms. The summed E-state index contributed by atoms with van der Waals surface area (Å²) in [5.41, 5.74) is 2.45. The third kappa shape index (κ3) is 8.04. The second kappa shape index (κ2) is 11.2. The lowest BCUT2D eigenvalue weighted by Gasteiger charge is -2.23. The Balaban J connectivity index is 1.73. The molecule has 6 nitrogen and oxygen atoms in total.